The van der Waals surface area contributed by atoms with Crippen LogP contribution >= 0.6 is 24.0 Å². The monoisotopic (exact) mass is 553 g/mol. The van der Waals surface area contributed by atoms with Crippen molar-refractivity contribution in [2.24, 2.45) is 0 Å². The first kappa shape index (κ1) is 25.0. The molecule has 0 spiro atoms. The Morgan fingerprint density at radius 3 is 2.47 bits per heavy atom. The molecule has 0 aromatic heterocycles. The SMILES string of the molecule is COc1cc(/C=C2/SC(=S)N(c3ccc4c(c3)OCO4)C2=O)ccc1Oc1ccc([N+](=O)[O-])cc1[N+](=O)[O-]. The van der Waals surface area contributed by atoms with Gasteiger partial charge in [-0.15, -0.1) is 0 Å². The Bertz CT molecular complexity index is 1560. The summed E-state index contributed by atoms with van der Waals surface area (Å²) in [5, 5.41) is 22.4. The van der Waals surface area contributed by atoms with E-state index < -0.39 is 21.2 Å². The molecule has 2 heterocycles. The molecular formula is C24H15N3O9S2. The molecule has 2 aliphatic rings. The number of thioether (sulfide) groups is 1. The number of nitro benzene ring substituents is 2. The lowest BCUT2D eigenvalue weighted by molar-refractivity contribution is -0.394. The minimum atomic E-state index is -0.773. The number of nitrogens with zero attached hydrogens (tertiary/aromatic N) is 3. The fraction of sp³-hybridized carbons (Fsp3) is 0.0833. The molecule has 0 unspecified atom stereocenters. The fourth-order valence-electron chi connectivity index (χ4n) is 3.69. The van der Waals surface area contributed by atoms with E-state index in [1.165, 1.54) is 18.1 Å². The number of non-ortho nitro benzene ring substituents is 1. The molecule has 2 aliphatic heterocycles. The highest BCUT2D eigenvalue weighted by Crippen LogP contribution is 2.42. The smallest absolute Gasteiger partial charge is 0.318 e. The summed E-state index contributed by atoms with van der Waals surface area (Å²) in [5.41, 5.74) is 0.117. The van der Waals surface area contributed by atoms with Crippen molar-refractivity contribution >= 4 is 57.3 Å². The van der Waals surface area contributed by atoms with Crippen molar-refractivity contribution < 1.29 is 33.6 Å². The van der Waals surface area contributed by atoms with Crippen molar-refractivity contribution in [3.05, 3.63) is 85.3 Å². The molecule has 0 atom stereocenters. The van der Waals surface area contributed by atoms with Gasteiger partial charge in [-0.25, -0.2) is 0 Å². The van der Waals surface area contributed by atoms with E-state index in [9.17, 15) is 25.0 Å². The quantitative estimate of drug-likeness (QED) is 0.160. The zero-order valence-electron chi connectivity index (χ0n) is 19.3. The fourth-order valence-corrected chi connectivity index (χ4v) is 4.99. The minimum absolute atomic E-state index is 0.107. The Balaban J connectivity index is 1.40. The predicted octanol–water partition coefficient (Wildman–Crippen LogP) is 5.44. The van der Waals surface area contributed by atoms with Gasteiger partial charge in [0, 0.05) is 12.1 Å². The van der Waals surface area contributed by atoms with E-state index >= 15 is 0 Å². The molecule has 1 fully saturated rings. The number of nitro groups is 2. The van der Waals surface area contributed by atoms with E-state index in [-0.39, 0.29) is 29.9 Å². The van der Waals surface area contributed by atoms with Crippen molar-refractivity contribution in [3.8, 4) is 28.7 Å². The van der Waals surface area contributed by atoms with Gasteiger partial charge in [0.2, 0.25) is 12.5 Å². The number of carbonyl (C=O) groups excluding carboxylic acids is 1. The Labute approximate surface area is 223 Å². The number of carbonyl (C=O) groups is 1. The predicted molar refractivity (Wildman–Crippen MR) is 141 cm³/mol. The van der Waals surface area contributed by atoms with Crippen LogP contribution in [-0.2, 0) is 4.79 Å². The summed E-state index contributed by atoms with van der Waals surface area (Å²) in [4.78, 5) is 35.8. The third-order valence-corrected chi connectivity index (χ3v) is 6.77. The van der Waals surface area contributed by atoms with Gasteiger partial charge >= 0.3 is 5.69 Å². The molecule has 14 heteroatoms. The minimum Gasteiger partial charge on any atom is -0.493 e. The standard InChI is InChI=1S/C24H15N3O9S2/c1-33-20-8-13(2-5-19(20)36-17-6-4-15(26(29)30)10-16(17)27(31)32)9-22-23(28)25(24(37)38-22)14-3-7-18-21(11-14)35-12-34-18/h2-11H,12H2,1H3/b22-9+. The van der Waals surface area contributed by atoms with Crippen LogP contribution in [0.15, 0.2) is 59.5 Å². The lowest BCUT2D eigenvalue weighted by Gasteiger charge is -2.14. The van der Waals surface area contributed by atoms with E-state index in [0.29, 0.717) is 32.0 Å². The molecule has 192 valence electrons. The second-order valence-electron chi connectivity index (χ2n) is 7.73. The Morgan fingerprint density at radius 1 is 0.974 bits per heavy atom. The Hall–Kier alpha value is -4.69. The third-order valence-electron chi connectivity index (χ3n) is 5.46. The summed E-state index contributed by atoms with van der Waals surface area (Å²) in [6.45, 7) is 0.107. The molecule has 0 N–H and O–H groups in total. The molecule has 0 aliphatic carbocycles. The molecular weight excluding hydrogens is 538 g/mol. The third kappa shape index (κ3) is 4.69. The van der Waals surface area contributed by atoms with E-state index in [4.69, 9.17) is 31.2 Å². The summed E-state index contributed by atoms with van der Waals surface area (Å²) < 4.78 is 22.1. The van der Waals surface area contributed by atoms with E-state index in [2.05, 4.69) is 0 Å². The highest BCUT2D eigenvalue weighted by atomic mass is 32.2. The zero-order valence-corrected chi connectivity index (χ0v) is 20.9. The van der Waals surface area contributed by atoms with Crippen molar-refractivity contribution in [1.82, 2.24) is 0 Å². The van der Waals surface area contributed by atoms with Crippen LogP contribution in [0.25, 0.3) is 6.08 Å². The number of amides is 1. The van der Waals surface area contributed by atoms with Gasteiger partial charge in [0.25, 0.3) is 11.6 Å². The second kappa shape index (κ2) is 9.99. The van der Waals surface area contributed by atoms with Crippen LogP contribution in [0.5, 0.6) is 28.7 Å². The van der Waals surface area contributed by atoms with Crippen LogP contribution in [0, 0.1) is 20.2 Å². The lowest BCUT2D eigenvalue weighted by Crippen LogP contribution is -2.27. The summed E-state index contributed by atoms with van der Waals surface area (Å²) in [6, 6.07) is 12.9. The van der Waals surface area contributed by atoms with Crippen LogP contribution in [-0.4, -0.2) is 34.0 Å². The first-order valence-corrected chi connectivity index (χ1v) is 11.9. The summed E-state index contributed by atoms with van der Waals surface area (Å²) >= 11 is 6.56. The van der Waals surface area contributed by atoms with Crippen LogP contribution in [0.1, 0.15) is 5.56 Å². The molecule has 38 heavy (non-hydrogen) atoms. The maximum absolute atomic E-state index is 13.2. The summed E-state index contributed by atoms with van der Waals surface area (Å²) in [5.74, 6) is 0.945. The van der Waals surface area contributed by atoms with Gasteiger partial charge in [0.1, 0.15) is 0 Å². The molecule has 0 bridgehead atoms. The van der Waals surface area contributed by atoms with Crippen LogP contribution in [0.2, 0.25) is 0 Å². The largest absolute Gasteiger partial charge is 0.493 e. The Kier molecular flexibility index (Phi) is 6.57. The topological polar surface area (TPSA) is 144 Å². The summed E-state index contributed by atoms with van der Waals surface area (Å²) in [6.07, 6.45) is 1.63. The number of ether oxygens (including phenoxy) is 4. The van der Waals surface area contributed by atoms with Gasteiger partial charge in [-0.3, -0.25) is 29.9 Å². The number of hydrogen-bond acceptors (Lipinski definition) is 11. The van der Waals surface area contributed by atoms with Crippen molar-refractivity contribution in [2.75, 3.05) is 18.8 Å². The van der Waals surface area contributed by atoms with Crippen LogP contribution in [0.3, 0.4) is 0 Å². The lowest BCUT2D eigenvalue weighted by atomic mass is 10.1. The van der Waals surface area contributed by atoms with Crippen molar-refractivity contribution in [2.45, 2.75) is 0 Å². The van der Waals surface area contributed by atoms with Crippen molar-refractivity contribution in [3.63, 3.8) is 0 Å². The highest BCUT2D eigenvalue weighted by Gasteiger charge is 2.34. The normalized spacial score (nSPS) is 15.2. The van der Waals surface area contributed by atoms with E-state index in [1.807, 2.05) is 0 Å². The van der Waals surface area contributed by atoms with Crippen molar-refractivity contribution in [1.29, 1.82) is 0 Å². The molecule has 0 saturated carbocycles. The maximum atomic E-state index is 13.2. The number of anilines is 1. The molecule has 3 aromatic rings. The molecule has 0 radical (unpaired) electrons. The molecule has 5 rings (SSSR count). The first-order valence-electron chi connectivity index (χ1n) is 10.7. The number of rotatable bonds is 7. The molecule has 3 aromatic carbocycles. The van der Waals surface area contributed by atoms with E-state index in [1.54, 1.807) is 36.4 Å². The van der Waals surface area contributed by atoms with Gasteiger partial charge in [-0.1, -0.05) is 30.0 Å². The van der Waals surface area contributed by atoms with Gasteiger partial charge in [0.15, 0.2) is 27.3 Å². The average Bonchev–Trinajstić information content (AvgIpc) is 3.47. The van der Waals surface area contributed by atoms with Gasteiger partial charge in [-0.05, 0) is 42.0 Å². The maximum Gasteiger partial charge on any atom is 0.318 e. The number of benzene rings is 3. The van der Waals surface area contributed by atoms with Crippen LogP contribution < -0.4 is 23.8 Å². The average molecular weight is 554 g/mol. The Morgan fingerprint density at radius 2 is 1.74 bits per heavy atom. The molecule has 1 amide bonds. The number of hydrogen-bond donors (Lipinski definition) is 0. The molecule has 12 nitrogen and oxygen atoms in total. The van der Waals surface area contributed by atoms with Crippen LogP contribution in [0.4, 0.5) is 17.1 Å². The number of thiocarbonyl (C=S) groups is 1. The highest BCUT2D eigenvalue weighted by molar-refractivity contribution is 8.27. The van der Waals surface area contributed by atoms with Gasteiger partial charge < -0.3 is 18.9 Å². The molecule has 1 saturated heterocycles. The number of methoxy groups -OCH3 is 1. The first-order chi connectivity index (χ1) is 18.2. The zero-order chi connectivity index (χ0) is 27.0. The van der Waals surface area contributed by atoms with Gasteiger partial charge in [0.05, 0.1) is 33.6 Å². The van der Waals surface area contributed by atoms with E-state index in [0.717, 1.165) is 30.0 Å². The van der Waals surface area contributed by atoms with Gasteiger partial charge in [-0.2, -0.15) is 0 Å². The second-order valence-corrected chi connectivity index (χ2v) is 9.41. The number of fused-ring (bicyclic) bond motifs is 1. The summed E-state index contributed by atoms with van der Waals surface area (Å²) in [7, 11) is 1.38.